The SMILES string of the molecule is Cc1cc(N2CCCCC2)nc2ccc(NC(=O)c3cc(=O)c4ccccc4o3)cc12. The van der Waals surface area contributed by atoms with E-state index in [1.54, 1.807) is 24.3 Å². The Hall–Kier alpha value is -3.67. The van der Waals surface area contributed by atoms with E-state index < -0.39 is 5.91 Å². The third kappa shape index (κ3) is 3.77. The van der Waals surface area contributed by atoms with Crippen molar-refractivity contribution in [2.45, 2.75) is 26.2 Å². The van der Waals surface area contributed by atoms with Gasteiger partial charge in [0.2, 0.25) is 0 Å². The molecule has 5 rings (SSSR count). The van der Waals surface area contributed by atoms with Crippen LogP contribution in [0, 0.1) is 6.92 Å². The number of nitrogens with zero attached hydrogens (tertiary/aromatic N) is 2. The summed E-state index contributed by atoms with van der Waals surface area (Å²) in [5.41, 5.74) is 2.79. The average molecular weight is 413 g/mol. The van der Waals surface area contributed by atoms with Crippen LogP contribution in [0.1, 0.15) is 35.4 Å². The number of rotatable bonds is 3. The van der Waals surface area contributed by atoms with E-state index in [0.29, 0.717) is 16.7 Å². The lowest BCUT2D eigenvalue weighted by molar-refractivity contribution is 0.0997. The minimum atomic E-state index is -0.460. The number of amides is 1. The Morgan fingerprint density at radius 2 is 1.81 bits per heavy atom. The fourth-order valence-electron chi connectivity index (χ4n) is 4.15. The van der Waals surface area contributed by atoms with Crippen molar-refractivity contribution >= 4 is 39.3 Å². The second kappa shape index (κ2) is 7.87. The molecule has 2 aromatic heterocycles. The first-order chi connectivity index (χ1) is 15.1. The number of nitrogens with one attached hydrogen (secondary N) is 1. The number of para-hydroxylation sites is 1. The quantitative estimate of drug-likeness (QED) is 0.517. The lowest BCUT2D eigenvalue weighted by Crippen LogP contribution is -2.30. The topological polar surface area (TPSA) is 75.4 Å². The number of benzene rings is 2. The first kappa shape index (κ1) is 19.3. The second-order valence-corrected chi connectivity index (χ2v) is 8.00. The molecule has 1 saturated heterocycles. The van der Waals surface area contributed by atoms with Crippen molar-refractivity contribution in [1.82, 2.24) is 4.98 Å². The van der Waals surface area contributed by atoms with Crippen LogP contribution in [0.25, 0.3) is 21.9 Å². The monoisotopic (exact) mass is 413 g/mol. The highest BCUT2D eigenvalue weighted by molar-refractivity contribution is 6.04. The van der Waals surface area contributed by atoms with Crippen molar-refractivity contribution in [3.63, 3.8) is 0 Å². The lowest BCUT2D eigenvalue weighted by Gasteiger charge is -2.28. The highest BCUT2D eigenvalue weighted by atomic mass is 16.3. The van der Waals surface area contributed by atoms with Gasteiger partial charge in [0.05, 0.1) is 10.9 Å². The van der Waals surface area contributed by atoms with Crippen molar-refractivity contribution in [2.75, 3.05) is 23.3 Å². The molecule has 0 aliphatic carbocycles. The number of piperidine rings is 1. The molecule has 0 bridgehead atoms. The van der Waals surface area contributed by atoms with Gasteiger partial charge in [0.15, 0.2) is 11.2 Å². The third-order valence-corrected chi connectivity index (χ3v) is 5.80. The predicted molar refractivity (Wildman–Crippen MR) is 123 cm³/mol. The van der Waals surface area contributed by atoms with Gasteiger partial charge in [0.25, 0.3) is 5.91 Å². The summed E-state index contributed by atoms with van der Waals surface area (Å²) in [4.78, 5) is 32.2. The third-order valence-electron chi connectivity index (χ3n) is 5.80. The van der Waals surface area contributed by atoms with Crippen LogP contribution in [0.4, 0.5) is 11.5 Å². The summed E-state index contributed by atoms with van der Waals surface area (Å²) < 4.78 is 5.64. The zero-order chi connectivity index (χ0) is 21.4. The van der Waals surface area contributed by atoms with E-state index in [2.05, 4.69) is 23.2 Å². The predicted octanol–water partition coefficient (Wildman–Crippen LogP) is 4.89. The highest BCUT2D eigenvalue weighted by Crippen LogP contribution is 2.27. The fourth-order valence-corrected chi connectivity index (χ4v) is 4.15. The zero-order valence-corrected chi connectivity index (χ0v) is 17.4. The van der Waals surface area contributed by atoms with Crippen LogP contribution in [-0.4, -0.2) is 24.0 Å². The van der Waals surface area contributed by atoms with Gasteiger partial charge in [-0.15, -0.1) is 0 Å². The smallest absolute Gasteiger partial charge is 0.291 e. The van der Waals surface area contributed by atoms with Crippen LogP contribution < -0.4 is 15.6 Å². The Morgan fingerprint density at radius 1 is 1.00 bits per heavy atom. The van der Waals surface area contributed by atoms with E-state index in [4.69, 9.17) is 9.40 Å². The molecule has 4 aromatic rings. The first-order valence-electron chi connectivity index (χ1n) is 10.6. The molecule has 0 spiro atoms. The summed E-state index contributed by atoms with van der Waals surface area (Å²) in [6.07, 6.45) is 3.69. The van der Waals surface area contributed by atoms with E-state index in [1.807, 2.05) is 18.2 Å². The Bertz CT molecular complexity index is 1350. The molecule has 6 heteroatoms. The molecule has 1 amide bonds. The Labute approximate surface area is 179 Å². The van der Waals surface area contributed by atoms with Gasteiger partial charge in [0.1, 0.15) is 11.4 Å². The number of aromatic nitrogens is 1. The number of pyridine rings is 1. The number of fused-ring (bicyclic) bond motifs is 2. The van der Waals surface area contributed by atoms with Gasteiger partial charge in [-0.25, -0.2) is 4.98 Å². The molecule has 6 nitrogen and oxygen atoms in total. The number of carbonyl (C=O) groups is 1. The van der Waals surface area contributed by atoms with E-state index in [9.17, 15) is 9.59 Å². The largest absolute Gasteiger partial charge is 0.451 e. The maximum Gasteiger partial charge on any atom is 0.291 e. The lowest BCUT2D eigenvalue weighted by atomic mass is 10.1. The number of carbonyl (C=O) groups excluding carboxylic acids is 1. The normalized spacial score (nSPS) is 14.2. The van der Waals surface area contributed by atoms with Gasteiger partial charge < -0.3 is 14.6 Å². The number of anilines is 2. The molecular formula is C25H23N3O3. The Balaban J connectivity index is 1.43. The standard InChI is InChI=1S/C25H23N3O3/c1-16-13-24(28-11-5-2-6-12-28)27-20-10-9-17(14-19(16)20)26-25(30)23-15-21(29)18-7-3-4-8-22(18)31-23/h3-4,7-10,13-15H,2,5-6,11-12H2,1H3,(H,26,30). The van der Waals surface area contributed by atoms with Crippen LogP contribution >= 0.6 is 0 Å². The van der Waals surface area contributed by atoms with Crippen molar-refractivity contribution < 1.29 is 9.21 Å². The van der Waals surface area contributed by atoms with Gasteiger partial charge >= 0.3 is 0 Å². The van der Waals surface area contributed by atoms with Crippen molar-refractivity contribution in [2.24, 2.45) is 0 Å². The molecule has 0 saturated carbocycles. The Kier molecular flexibility index (Phi) is 4.90. The zero-order valence-electron chi connectivity index (χ0n) is 17.4. The fraction of sp³-hybridized carbons (Fsp3) is 0.240. The summed E-state index contributed by atoms with van der Waals surface area (Å²) in [6, 6.07) is 15.9. The van der Waals surface area contributed by atoms with Crippen LogP contribution in [0.3, 0.4) is 0 Å². The molecule has 2 aromatic carbocycles. The van der Waals surface area contributed by atoms with Crippen molar-refractivity contribution in [1.29, 1.82) is 0 Å². The number of hydrogen-bond donors (Lipinski definition) is 1. The summed E-state index contributed by atoms with van der Waals surface area (Å²) in [7, 11) is 0. The van der Waals surface area contributed by atoms with Gasteiger partial charge in [-0.05, 0) is 68.1 Å². The van der Waals surface area contributed by atoms with Gasteiger partial charge in [-0.3, -0.25) is 9.59 Å². The molecule has 0 unspecified atom stereocenters. The maximum absolute atomic E-state index is 12.7. The maximum atomic E-state index is 12.7. The summed E-state index contributed by atoms with van der Waals surface area (Å²) in [5, 5.41) is 4.28. The molecular weight excluding hydrogens is 390 g/mol. The second-order valence-electron chi connectivity index (χ2n) is 8.00. The number of hydrogen-bond acceptors (Lipinski definition) is 5. The molecule has 1 fully saturated rings. The summed E-state index contributed by atoms with van der Waals surface area (Å²) in [6.45, 7) is 4.15. The highest BCUT2D eigenvalue weighted by Gasteiger charge is 2.16. The van der Waals surface area contributed by atoms with Crippen LogP contribution in [0.2, 0.25) is 0 Å². The molecule has 1 aliphatic heterocycles. The average Bonchev–Trinajstić information content (AvgIpc) is 2.80. The minimum Gasteiger partial charge on any atom is -0.451 e. The minimum absolute atomic E-state index is 0.0147. The molecule has 156 valence electrons. The first-order valence-corrected chi connectivity index (χ1v) is 10.6. The molecule has 1 aliphatic rings. The molecule has 3 heterocycles. The van der Waals surface area contributed by atoms with Gasteiger partial charge in [0, 0.05) is 30.2 Å². The van der Waals surface area contributed by atoms with E-state index in [0.717, 1.165) is 35.4 Å². The molecule has 0 radical (unpaired) electrons. The van der Waals surface area contributed by atoms with E-state index >= 15 is 0 Å². The number of aryl methyl sites for hydroxylation is 1. The molecule has 0 atom stereocenters. The van der Waals surface area contributed by atoms with Gasteiger partial charge in [-0.1, -0.05) is 12.1 Å². The van der Waals surface area contributed by atoms with Gasteiger partial charge in [-0.2, -0.15) is 0 Å². The van der Waals surface area contributed by atoms with Crippen molar-refractivity contribution in [3.05, 3.63) is 76.1 Å². The summed E-state index contributed by atoms with van der Waals surface area (Å²) in [5.74, 6) is 0.538. The van der Waals surface area contributed by atoms with Crippen LogP contribution in [0.15, 0.2) is 63.8 Å². The summed E-state index contributed by atoms with van der Waals surface area (Å²) >= 11 is 0. The van der Waals surface area contributed by atoms with E-state index in [1.165, 1.54) is 25.3 Å². The van der Waals surface area contributed by atoms with E-state index in [-0.39, 0.29) is 11.2 Å². The van der Waals surface area contributed by atoms with Crippen LogP contribution in [0.5, 0.6) is 0 Å². The Morgan fingerprint density at radius 3 is 2.65 bits per heavy atom. The van der Waals surface area contributed by atoms with Crippen LogP contribution in [-0.2, 0) is 0 Å². The van der Waals surface area contributed by atoms with Crippen molar-refractivity contribution in [3.8, 4) is 0 Å². The molecule has 1 N–H and O–H groups in total. The molecule has 31 heavy (non-hydrogen) atoms.